The van der Waals surface area contributed by atoms with Gasteiger partial charge in [0.15, 0.2) is 0 Å². The van der Waals surface area contributed by atoms with Crippen molar-refractivity contribution in [3.8, 4) is 0 Å². The average Bonchev–Trinajstić information content (AvgIpc) is 2.94. The molecule has 0 aromatic heterocycles. The van der Waals surface area contributed by atoms with Gasteiger partial charge in [0.05, 0.1) is 27.9 Å². The highest BCUT2D eigenvalue weighted by atomic mass is 35.5. The van der Waals surface area contributed by atoms with Crippen LogP contribution < -0.4 is 5.01 Å². The molecule has 1 amide bonds. The SMILES string of the molecule is Cc1cc(C(F)(F)F)c(Cl)c2c1N(C(=O)c1cccc(C(=O)OC(C)(C)C)c1)N(Cl)C2C. The van der Waals surface area contributed by atoms with Gasteiger partial charge in [0, 0.05) is 22.9 Å². The monoisotopic (exact) mass is 488 g/mol. The van der Waals surface area contributed by atoms with Gasteiger partial charge >= 0.3 is 12.1 Å². The molecule has 172 valence electrons. The van der Waals surface area contributed by atoms with E-state index in [2.05, 4.69) is 0 Å². The summed E-state index contributed by atoms with van der Waals surface area (Å²) in [6.07, 6.45) is -4.66. The first kappa shape index (κ1) is 24.4. The van der Waals surface area contributed by atoms with Crippen LogP contribution in [0.3, 0.4) is 0 Å². The number of anilines is 1. The number of amides is 1. The zero-order valence-corrected chi connectivity index (χ0v) is 19.5. The molecule has 0 aliphatic carbocycles. The molecule has 32 heavy (non-hydrogen) atoms. The first-order valence-corrected chi connectivity index (χ1v) is 10.4. The number of hydrazine groups is 1. The minimum atomic E-state index is -4.66. The predicted molar refractivity (Wildman–Crippen MR) is 116 cm³/mol. The molecule has 0 fully saturated rings. The van der Waals surface area contributed by atoms with Crippen LogP contribution in [0.5, 0.6) is 0 Å². The molecule has 0 N–H and O–H groups in total. The van der Waals surface area contributed by atoms with Crippen molar-refractivity contribution >= 4 is 40.9 Å². The Morgan fingerprint density at radius 2 is 1.69 bits per heavy atom. The largest absolute Gasteiger partial charge is 0.456 e. The predicted octanol–water partition coefficient (Wildman–Crippen LogP) is 6.71. The standard InChI is InChI=1S/C22H21Cl2F3N2O3/c1-11-9-15(22(25,26)27)17(23)16-12(2)29(24)28(18(11)16)19(30)13-7-6-8-14(10-13)20(31)32-21(3,4)5/h6-10,12H,1-5H3. The number of hydrogen-bond donors (Lipinski definition) is 0. The van der Waals surface area contributed by atoms with Crippen molar-refractivity contribution in [2.75, 3.05) is 5.01 Å². The number of fused-ring (bicyclic) bond motifs is 1. The number of carbonyl (C=O) groups excluding carboxylic acids is 2. The summed E-state index contributed by atoms with van der Waals surface area (Å²) in [5.74, 6) is -1.24. The van der Waals surface area contributed by atoms with Crippen LogP contribution >= 0.6 is 23.4 Å². The molecule has 5 nitrogen and oxygen atoms in total. The van der Waals surface area contributed by atoms with Gasteiger partial charge in [0.2, 0.25) is 0 Å². The number of carbonyl (C=O) groups is 2. The Morgan fingerprint density at radius 1 is 1.09 bits per heavy atom. The number of ether oxygens (including phenoxy) is 1. The minimum absolute atomic E-state index is 0.102. The molecule has 0 saturated heterocycles. The molecule has 1 atom stereocenters. The van der Waals surface area contributed by atoms with E-state index in [9.17, 15) is 22.8 Å². The summed E-state index contributed by atoms with van der Waals surface area (Å²) in [6.45, 7) is 8.15. The van der Waals surface area contributed by atoms with Crippen LogP contribution in [0, 0.1) is 6.92 Å². The van der Waals surface area contributed by atoms with E-state index in [1.165, 1.54) is 31.2 Å². The maximum Gasteiger partial charge on any atom is 0.417 e. The summed E-state index contributed by atoms with van der Waals surface area (Å²) in [5.41, 5.74) is -0.992. The van der Waals surface area contributed by atoms with Gasteiger partial charge in [-0.3, -0.25) is 4.79 Å². The topological polar surface area (TPSA) is 49.9 Å². The quantitative estimate of drug-likeness (QED) is 0.348. The molecule has 1 aliphatic rings. The van der Waals surface area contributed by atoms with Crippen molar-refractivity contribution in [1.29, 1.82) is 0 Å². The maximum absolute atomic E-state index is 13.4. The van der Waals surface area contributed by atoms with E-state index in [0.717, 1.165) is 15.6 Å². The van der Waals surface area contributed by atoms with Crippen LogP contribution in [-0.2, 0) is 10.9 Å². The van der Waals surface area contributed by atoms with Gasteiger partial charge < -0.3 is 4.74 Å². The van der Waals surface area contributed by atoms with Gasteiger partial charge in [-0.25, -0.2) is 9.80 Å². The van der Waals surface area contributed by atoms with Gasteiger partial charge in [0.1, 0.15) is 5.60 Å². The molecular weight excluding hydrogens is 468 g/mol. The van der Waals surface area contributed by atoms with E-state index in [1.807, 2.05) is 0 Å². The Hall–Kier alpha value is -2.29. The number of esters is 1. The van der Waals surface area contributed by atoms with Crippen LogP contribution in [0.4, 0.5) is 18.9 Å². The zero-order chi connectivity index (χ0) is 24.2. The number of nitrogens with zero attached hydrogens (tertiary/aromatic N) is 2. The smallest absolute Gasteiger partial charge is 0.417 e. The molecule has 0 bridgehead atoms. The molecule has 0 spiro atoms. The Bertz CT molecular complexity index is 1100. The lowest BCUT2D eigenvalue weighted by molar-refractivity contribution is -0.137. The first-order chi connectivity index (χ1) is 14.6. The number of aryl methyl sites for hydroxylation is 1. The van der Waals surface area contributed by atoms with Crippen LogP contribution in [0.2, 0.25) is 5.02 Å². The van der Waals surface area contributed by atoms with Crippen LogP contribution in [0.1, 0.15) is 71.1 Å². The zero-order valence-electron chi connectivity index (χ0n) is 18.0. The Morgan fingerprint density at radius 3 is 2.25 bits per heavy atom. The summed E-state index contributed by atoms with van der Waals surface area (Å²) in [5, 5.41) is 0.561. The lowest BCUT2D eigenvalue weighted by Crippen LogP contribution is -2.38. The molecule has 2 aromatic carbocycles. The van der Waals surface area contributed by atoms with Crippen LogP contribution in [0.15, 0.2) is 30.3 Å². The van der Waals surface area contributed by atoms with Crippen molar-refractivity contribution in [1.82, 2.24) is 4.53 Å². The number of hydrogen-bond acceptors (Lipinski definition) is 4. The summed E-state index contributed by atoms with van der Waals surface area (Å²) in [4.78, 5) is 25.7. The second-order valence-electron chi connectivity index (χ2n) is 8.48. The molecule has 1 unspecified atom stereocenters. The Balaban J connectivity index is 2.06. The molecule has 1 heterocycles. The van der Waals surface area contributed by atoms with E-state index in [4.69, 9.17) is 28.1 Å². The second-order valence-corrected chi connectivity index (χ2v) is 9.20. The summed E-state index contributed by atoms with van der Waals surface area (Å²) < 4.78 is 46.6. The number of halogens is 5. The maximum atomic E-state index is 13.4. The summed E-state index contributed by atoms with van der Waals surface area (Å²) in [6, 6.07) is 5.93. The molecule has 3 rings (SSSR count). The summed E-state index contributed by atoms with van der Waals surface area (Å²) >= 11 is 12.5. The lowest BCUT2D eigenvalue weighted by atomic mass is 9.99. The molecule has 0 saturated carbocycles. The summed E-state index contributed by atoms with van der Waals surface area (Å²) in [7, 11) is 0. The normalized spacial score (nSPS) is 16.8. The number of benzene rings is 2. The molecule has 2 aromatic rings. The fraction of sp³-hybridized carbons (Fsp3) is 0.364. The van der Waals surface area contributed by atoms with Crippen LogP contribution in [-0.4, -0.2) is 22.0 Å². The Kier molecular flexibility index (Phi) is 6.27. The van der Waals surface area contributed by atoms with Crippen LogP contribution in [0.25, 0.3) is 0 Å². The van der Waals surface area contributed by atoms with Gasteiger partial charge in [-0.1, -0.05) is 17.7 Å². The highest BCUT2D eigenvalue weighted by Gasteiger charge is 2.44. The molecular formula is C22H21Cl2F3N2O3. The number of rotatable bonds is 2. The van der Waals surface area contributed by atoms with Crippen molar-refractivity contribution in [3.63, 3.8) is 0 Å². The fourth-order valence-corrected chi connectivity index (χ4v) is 4.13. The van der Waals surface area contributed by atoms with Gasteiger partial charge in [-0.05, 0) is 64.4 Å². The lowest BCUT2D eigenvalue weighted by Gasteiger charge is -2.25. The van der Waals surface area contributed by atoms with Crippen molar-refractivity contribution in [2.45, 2.75) is 52.4 Å². The molecule has 1 aliphatic heterocycles. The molecule has 0 radical (unpaired) electrons. The van der Waals surface area contributed by atoms with Gasteiger partial charge in [0.25, 0.3) is 5.91 Å². The average molecular weight is 489 g/mol. The van der Waals surface area contributed by atoms with Gasteiger partial charge in [-0.2, -0.15) is 13.2 Å². The number of alkyl halides is 3. The van der Waals surface area contributed by atoms with E-state index in [0.29, 0.717) is 0 Å². The first-order valence-electron chi connectivity index (χ1n) is 9.66. The van der Waals surface area contributed by atoms with Crippen molar-refractivity contribution in [2.24, 2.45) is 0 Å². The van der Waals surface area contributed by atoms with E-state index in [-0.39, 0.29) is 27.9 Å². The van der Waals surface area contributed by atoms with E-state index in [1.54, 1.807) is 27.7 Å². The molecule has 10 heteroatoms. The Labute approximate surface area is 193 Å². The van der Waals surface area contributed by atoms with E-state index >= 15 is 0 Å². The highest BCUT2D eigenvalue weighted by Crippen LogP contribution is 2.51. The van der Waals surface area contributed by atoms with Gasteiger partial charge in [-0.15, -0.1) is 4.53 Å². The third-order valence-electron chi connectivity index (χ3n) is 4.84. The van der Waals surface area contributed by atoms with E-state index < -0.39 is 40.3 Å². The van der Waals surface area contributed by atoms with Crippen molar-refractivity contribution < 1.29 is 27.5 Å². The third kappa shape index (κ3) is 4.44. The van der Waals surface area contributed by atoms with Crippen molar-refractivity contribution in [3.05, 3.63) is 63.2 Å². The fourth-order valence-electron chi connectivity index (χ4n) is 3.48. The minimum Gasteiger partial charge on any atom is -0.456 e. The highest BCUT2D eigenvalue weighted by molar-refractivity contribution is 6.33. The second kappa shape index (κ2) is 8.24. The third-order valence-corrected chi connectivity index (χ3v) is 5.70.